The molecule has 2 aromatic carbocycles. The second-order valence-electron chi connectivity index (χ2n) is 6.64. The Labute approximate surface area is 183 Å². The van der Waals surface area contributed by atoms with E-state index in [1.165, 1.54) is 12.1 Å². The van der Waals surface area contributed by atoms with Gasteiger partial charge in [0, 0.05) is 12.4 Å². The zero-order valence-electron chi connectivity index (χ0n) is 15.8. The lowest BCUT2D eigenvalue weighted by molar-refractivity contribution is 0.619. The highest BCUT2D eigenvalue weighted by Crippen LogP contribution is 2.20. The smallest absolute Gasteiger partial charge is 0.176 e. The molecule has 0 bridgehead atoms. The first-order valence-electron chi connectivity index (χ1n) is 9.17. The Bertz CT molecular complexity index is 1160. The second kappa shape index (κ2) is 9.06. The Balaban J connectivity index is 1.36. The van der Waals surface area contributed by atoms with Crippen molar-refractivity contribution in [3.63, 3.8) is 0 Å². The fraction of sp³-hybridized carbons (Fsp3) is 0.0952. The topological polar surface area (TPSA) is 59.7 Å². The molecule has 0 amide bonds. The van der Waals surface area contributed by atoms with E-state index < -0.39 is 0 Å². The van der Waals surface area contributed by atoms with Crippen LogP contribution in [0.4, 0.5) is 15.9 Å². The van der Waals surface area contributed by atoms with Gasteiger partial charge in [0.05, 0.1) is 25.0 Å². The predicted molar refractivity (Wildman–Crippen MR) is 120 cm³/mol. The molecule has 4 rings (SSSR count). The van der Waals surface area contributed by atoms with Gasteiger partial charge in [0.15, 0.2) is 10.9 Å². The van der Waals surface area contributed by atoms with Crippen molar-refractivity contribution < 1.29 is 4.39 Å². The average Bonchev–Trinajstić information content (AvgIpc) is 3.28. The lowest BCUT2D eigenvalue weighted by Crippen LogP contribution is -2.19. The van der Waals surface area contributed by atoms with E-state index in [2.05, 4.69) is 20.8 Å². The van der Waals surface area contributed by atoms with Gasteiger partial charge in [0.1, 0.15) is 10.8 Å². The molecule has 0 radical (unpaired) electrons. The van der Waals surface area contributed by atoms with Crippen LogP contribution in [0.15, 0.2) is 73.2 Å². The van der Waals surface area contributed by atoms with Crippen LogP contribution < -0.4 is 10.6 Å². The third-order valence-corrected chi connectivity index (χ3v) is 4.74. The fourth-order valence-corrected chi connectivity index (χ4v) is 3.35. The molecule has 2 N–H and O–H groups in total. The van der Waals surface area contributed by atoms with E-state index in [-0.39, 0.29) is 5.82 Å². The molecular weight excluding hydrogens is 423 g/mol. The monoisotopic (exact) mass is 440 g/mol. The van der Waals surface area contributed by atoms with Gasteiger partial charge < -0.3 is 10.6 Å². The van der Waals surface area contributed by atoms with Crippen LogP contribution in [0.5, 0.6) is 0 Å². The van der Waals surface area contributed by atoms with E-state index in [1.54, 1.807) is 23.1 Å². The third kappa shape index (κ3) is 5.22. The van der Waals surface area contributed by atoms with Crippen molar-refractivity contribution in [2.75, 3.05) is 10.6 Å². The molecule has 2 heterocycles. The van der Waals surface area contributed by atoms with Crippen LogP contribution in [0.1, 0.15) is 11.1 Å². The minimum absolute atomic E-state index is 0.290. The van der Waals surface area contributed by atoms with E-state index in [4.69, 9.17) is 23.8 Å². The van der Waals surface area contributed by atoms with Crippen LogP contribution in [0, 0.1) is 5.82 Å². The third-order valence-electron chi connectivity index (χ3n) is 4.26. The van der Waals surface area contributed by atoms with E-state index in [0.29, 0.717) is 29.0 Å². The quantitative estimate of drug-likeness (QED) is 0.423. The fourth-order valence-electron chi connectivity index (χ4n) is 2.94. The molecule has 6 nitrogen and oxygen atoms in total. The van der Waals surface area contributed by atoms with Crippen LogP contribution in [-0.4, -0.2) is 24.7 Å². The highest BCUT2D eigenvalue weighted by Gasteiger charge is 2.10. The molecule has 0 atom stereocenters. The number of benzene rings is 2. The number of anilines is 2. The maximum Gasteiger partial charge on any atom is 0.176 e. The van der Waals surface area contributed by atoms with E-state index in [1.807, 2.05) is 47.3 Å². The number of rotatable bonds is 6. The number of aromatic nitrogens is 4. The lowest BCUT2D eigenvalue weighted by Gasteiger charge is -2.07. The molecule has 0 spiro atoms. The first-order chi connectivity index (χ1) is 14.5. The summed E-state index contributed by atoms with van der Waals surface area (Å²) in [6, 6.07) is 16.4. The number of halogens is 2. The molecule has 0 aliphatic carbocycles. The molecule has 0 aliphatic rings. The Morgan fingerprint density at radius 2 is 1.73 bits per heavy atom. The van der Waals surface area contributed by atoms with Crippen LogP contribution in [-0.2, 0) is 13.1 Å². The molecule has 30 heavy (non-hydrogen) atoms. The number of hydrogen-bond acceptors (Lipinski definition) is 3. The summed E-state index contributed by atoms with van der Waals surface area (Å²) in [6.45, 7) is 1.06. The van der Waals surface area contributed by atoms with Crippen molar-refractivity contribution in [3.05, 3.63) is 95.2 Å². The summed E-state index contributed by atoms with van der Waals surface area (Å²) < 4.78 is 16.8. The molecule has 0 saturated heterocycles. The normalized spacial score (nSPS) is 10.7. The predicted octanol–water partition coefficient (Wildman–Crippen LogP) is 4.78. The van der Waals surface area contributed by atoms with Crippen molar-refractivity contribution in [2.45, 2.75) is 13.1 Å². The van der Waals surface area contributed by atoms with Gasteiger partial charge in [0.2, 0.25) is 0 Å². The molecule has 9 heteroatoms. The molecular formula is C21H18ClFN6S. The Morgan fingerprint density at radius 3 is 2.53 bits per heavy atom. The highest BCUT2D eigenvalue weighted by molar-refractivity contribution is 7.80. The number of thiocarbonyl (C=S) groups is 1. The van der Waals surface area contributed by atoms with Crippen molar-refractivity contribution >= 4 is 40.4 Å². The SMILES string of the molecule is Fc1cccc(Cn2cc(Cl)c(NC(=S)Nc3cnn(Cc4ccccc4)c3)n2)c1. The van der Waals surface area contributed by atoms with Crippen molar-refractivity contribution in [2.24, 2.45) is 0 Å². The zero-order valence-corrected chi connectivity index (χ0v) is 17.4. The largest absolute Gasteiger partial charge is 0.330 e. The van der Waals surface area contributed by atoms with Gasteiger partial charge in [-0.15, -0.1) is 0 Å². The molecule has 0 fully saturated rings. The zero-order chi connectivity index (χ0) is 20.9. The standard InChI is InChI=1S/C21H18ClFN6S/c22-19-14-29(12-16-7-4-8-17(23)9-16)27-20(19)26-21(30)25-18-10-24-28(13-18)11-15-5-2-1-3-6-15/h1-10,13-14H,11-12H2,(H2,25,26,27,30). The van der Waals surface area contributed by atoms with Gasteiger partial charge in [-0.3, -0.25) is 9.36 Å². The number of nitrogens with one attached hydrogen (secondary N) is 2. The number of hydrogen-bond donors (Lipinski definition) is 2. The maximum absolute atomic E-state index is 13.4. The lowest BCUT2D eigenvalue weighted by atomic mass is 10.2. The molecule has 0 aliphatic heterocycles. The Hall–Kier alpha value is -3.23. The van der Waals surface area contributed by atoms with Crippen LogP contribution in [0.3, 0.4) is 0 Å². The number of nitrogens with zero attached hydrogens (tertiary/aromatic N) is 4. The minimum Gasteiger partial charge on any atom is -0.330 e. The summed E-state index contributed by atoms with van der Waals surface area (Å²) in [6.07, 6.45) is 5.22. The first-order valence-corrected chi connectivity index (χ1v) is 9.95. The van der Waals surface area contributed by atoms with Gasteiger partial charge in [-0.05, 0) is 35.5 Å². The van der Waals surface area contributed by atoms with Crippen LogP contribution in [0.2, 0.25) is 5.02 Å². The summed E-state index contributed by atoms with van der Waals surface area (Å²) >= 11 is 11.6. The summed E-state index contributed by atoms with van der Waals surface area (Å²) in [5, 5.41) is 15.5. The molecule has 4 aromatic rings. The van der Waals surface area contributed by atoms with Crippen molar-refractivity contribution in [1.82, 2.24) is 19.6 Å². The van der Waals surface area contributed by atoms with E-state index in [0.717, 1.165) is 16.8 Å². The summed E-state index contributed by atoms with van der Waals surface area (Å²) in [5.74, 6) is 0.129. The van der Waals surface area contributed by atoms with Gasteiger partial charge in [0.25, 0.3) is 0 Å². The van der Waals surface area contributed by atoms with Gasteiger partial charge in [-0.25, -0.2) is 4.39 Å². The van der Waals surface area contributed by atoms with Gasteiger partial charge >= 0.3 is 0 Å². The molecule has 0 unspecified atom stereocenters. The van der Waals surface area contributed by atoms with Gasteiger partial charge in [-0.1, -0.05) is 54.1 Å². The second-order valence-corrected chi connectivity index (χ2v) is 7.46. The van der Waals surface area contributed by atoms with E-state index in [9.17, 15) is 4.39 Å². The molecule has 2 aromatic heterocycles. The summed E-state index contributed by atoms with van der Waals surface area (Å²) in [4.78, 5) is 0. The van der Waals surface area contributed by atoms with Crippen molar-refractivity contribution in [1.29, 1.82) is 0 Å². The summed E-state index contributed by atoms with van der Waals surface area (Å²) in [5.41, 5.74) is 2.69. The molecule has 152 valence electrons. The maximum atomic E-state index is 13.4. The minimum atomic E-state index is -0.290. The van der Waals surface area contributed by atoms with Crippen molar-refractivity contribution in [3.8, 4) is 0 Å². The van der Waals surface area contributed by atoms with Crippen LogP contribution in [0.25, 0.3) is 0 Å². The first kappa shape index (κ1) is 20.1. The highest BCUT2D eigenvalue weighted by atomic mass is 35.5. The van der Waals surface area contributed by atoms with Gasteiger partial charge in [-0.2, -0.15) is 10.2 Å². The Morgan fingerprint density at radius 1 is 0.967 bits per heavy atom. The summed E-state index contributed by atoms with van der Waals surface area (Å²) in [7, 11) is 0. The van der Waals surface area contributed by atoms with Crippen LogP contribution >= 0.6 is 23.8 Å². The average molecular weight is 441 g/mol. The Kier molecular flexibility index (Phi) is 6.06. The van der Waals surface area contributed by atoms with E-state index >= 15 is 0 Å². The molecule has 0 saturated carbocycles.